The zero-order valence-corrected chi connectivity index (χ0v) is 8.68. The summed E-state index contributed by atoms with van der Waals surface area (Å²) in [5, 5.41) is 9.05. The predicted octanol–water partition coefficient (Wildman–Crippen LogP) is -0.704. The zero-order valence-electron chi connectivity index (χ0n) is 8.68. The molecular formula is C9H16N4O2. The van der Waals surface area contributed by atoms with Gasteiger partial charge in [0.05, 0.1) is 12.0 Å². The van der Waals surface area contributed by atoms with Crippen molar-refractivity contribution in [1.29, 1.82) is 0 Å². The third-order valence-corrected chi connectivity index (χ3v) is 2.26. The minimum absolute atomic E-state index is 0.384. The molecule has 15 heavy (non-hydrogen) atoms. The number of aromatic amines is 1. The van der Waals surface area contributed by atoms with E-state index in [-0.39, 0.29) is 0 Å². The normalized spacial score (nSPS) is 13.0. The summed E-state index contributed by atoms with van der Waals surface area (Å²) in [6, 6.07) is -0.572. The molecule has 0 fully saturated rings. The summed E-state index contributed by atoms with van der Waals surface area (Å²) in [5.74, 6) is -0.853. The van der Waals surface area contributed by atoms with E-state index in [0.717, 1.165) is 5.69 Å². The number of carbonyl (C=O) groups is 1. The van der Waals surface area contributed by atoms with E-state index in [0.29, 0.717) is 19.5 Å². The molecule has 6 heteroatoms. The second-order valence-electron chi connectivity index (χ2n) is 3.39. The first kappa shape index (κ1) is 11.7. The van der Waals surface area contributed by atoms with E-state index < -0.39 is 12.0 Å². The van der Waals surface area contributed by atoms with Gasteiger partial charge in [-0.15, -0.1) is 0 Å². The molecule has 0 aliphatic carbocycles. The smallest absolute Gasteiger partial charge is 0.321 e. The third kappa shape index (κ3) is 3.34. The number of nitrogens with one attached hydrogen (secondary N) is 1. The summed E-state index contributed by atoms with van der Waals surface area (Å²) in [5.41, 5.74) is 6.13. The number of hydrogen-bond donors (Lipinski definition) is 3. The van der Waals surface area contributed by atoms with Crippen molar-refractivity contribution >= 4 is 5.97 Å². The summed E-state index contributed by atoms with van der Waals surface area (Å²) in [4.78, 5) is 19.5. The number of nitrogens with zero attached hydrogens (tertiary/aromatic N) is 2. The molecule has 1 heterocycles. The van der Waals surface area contributed by atoms with Crippen LogP contribution >= 0.6 is 0 Å². The standard InChI is InChI=1S/C9H16N4O2/c1-13(3-2-10)8(9(14)15)4-7-5-11-6-12-7/h5-6,8H,2-4,10H2,1H3,(H,11,12)(H,14,15)/t8-/m0/s1. The number of carboxylic acid groups (broad SMARTS) is 1. The summed E-state index contributed by atoms with van der Waals surface area (Å²) in [6.07, 6.45) is 3.62. The number of carboxylic acids is 1. The van der Waals surface area contributed by atoms with Gasteiger partial charge in [0, 0.05) is 25.7 Å². The lowest BCUT2D eigenvalue weighted by Gasteiger charge is -2.23. The van der Waals surface area contributed by atoms with Crippen molar-refractivity contribution in [2.75, 3.05) is 20.1 Å². The van der Waals surface area contributed by atoms with Crippen LogP contribution in [-0.4, -0.2) is 52.1 Å². The number of rotatable bonds is 6. The molecule has 0 aromatic carbocycles. The van der Waals surface area contributed by atoms with Crippen LogP contribution in [0.3, 0.4) is 0 Å². The van der Waals surface area contributed by atoms with Gasteiger partial charge in [-0.05, 0) is 7.05 Å². The average Bonchev–Trinajstić information content (AvgIpc) is 2.66. The highest BCUT2D eigenvalue weighted by Gasteiger charge is 2.22. The number of nitrogens with two attached hydrogens (primary N) is 1. The van der Waals surface area contributed by atoms with Crippen molar-refractivity contribution in [3.8, 4) is 0 Å². The van der Waals surface area contributed by atoms with Gasteiger partial charge in [0.25, 0.3) is 0 Å². The fraction of sp³-hybridized carbons (Fsp3) is 0.556. The lowest BCUT2D eigenvalue weighted by atomic mass is 10.1. The molecule has 0 spiro atoms. The minimum atomic E-state index is -0.853. The molecule has 0 bridgehead atoms. The zero-order chi connectivity index (χ0) is 11.3. The molecular weight excluding hydrogens is 196 g/mol. The molecule has 0 unspecified atom stereocenters. The maximum Gasteiger partial charge on any atom is 0.321 e. The summed E-state index contributed by atoms with van der Waals surface area (Å²) >= 11 is 0. The van der Waals surface area contributed by atoms with Crippen LogP contribution < -0.4 is 5.73 Å². The van der Waals surface area contributed by atoms with Crippen molar-refractivity contribution < 1.29 is 9.90 Å². The van der Waals surface area contributed by atoms with Crippen LogP contribution in [-0.2, 0) is 11.2 Å². The van der Waals surface area contributed by atoms with Crippen molar-refractivity contribution in [1.82, 2.24) is 14.9 Å². The summed E-state index contributed by atoms with van der Waals surface area (Å²) < 4.78 is 0. The van der Waals surface area contributed by atoms with E-state index in [1.165, 1.54) is 6.33 Å². The molecule has 4 N–H and O–H groups in total. The number of likely N-dealkylation sites (N-methyl/N-ethyl adjacent to an activating group) is 1. The van der Waals surface area contributed by atoms with Gasteiger partial charge >= 0.3 is 5.97 Å². The molecule has 0 amide bonds. The van der Waals surface area contributed by atoms with Gasteiger partial charge in [-0.3, -0.25) is 9.69 Å². The molecule has 84 valence electrons. The van der Waals surface area contributed by atoms with E-state index in [9.17, 15) is 4.79 Å². The van der Waals surface area contributed by atoms with Gasteiger partial charge in [0.15, 0.2) is 0 Å². The topological polar surface area (TPSA) is 95.2 Å². The molecule has 0 saturated heterocycles. The fourth-order valence-corrected chi connectivity index (χ4v) is 1.39. The second kappa shape index (κ2) is 5.47. The predicted molar refractivity (Wildman–Crippen MR) is 55.4 cm³/mol. The number of H-pyrrole nitrogens is 1. The molecule has 1 rings (SSSR count). The van der Waals surface area contributed by atoms with Crippen LogP contribution in [0.1, 0.15) is 5.69 Å². The van der Waals surface area contributed by atoms with E-state index in [1.807, 2.05) is 0 Å². The Kier molecular flexibility index (Phi) is 4.26. The Labute approximate surface area is 88.1 Å². The molecule has 1 atom stereocenters. The van der Waals surface area contributed by atoms with Crippen molar-refractivity contribution in [3.63, 3.8) is 0 Å². The highest BCUT2D eigenvalue weighted by molar-refractivity contribution is 5.73. The monoisotopic (exact) mass is 212 g/mol. The van der Waals surface area contributed by atoms with E-state index in [2.05, 4.69) is 9.97 Å². The lowest BCUT2D eigenvalue weighted by Crippen LogP contribution is -2.42. The van der Waals surface area contributed by atoms with E-state index in [4.69, 9.17) is 10.8 Å². The molecule has 0 aliphatic heterocycles. The Morgan fingerprint density at radius 1 is 1.80 bits per heavy atom. The third-order valence-electron chi connectivity index (χ3n) is 2.26. The second-order valence-corrected chi connectivity index (χ2v) is 3.39. The van der Waals surface area contributed by atoms with Crippen LogP contribution in [0.15, 0.2) is 12.5 Å². The molecule has 1 aromatic heterocycles. The first-order valence-corrected chi connectivity index (χ1v) is 4.76. The fourth-order valence-electron chi connectivity index (χ4n) is 1.39. The highest BCUT2D eigenvalue weighted by Crippen LogP contribution is 2.04. The molecule has 6 nitrogen and oxygen atoms in total. The van der Waals surface area contributed by atoms with E-state index in [1.54, 1.807) is 18.1 Å². The van der Waals surface area contributed by atoms with Crippen LogP contribution in [0.5, 0.6) is 0 Å². The Balaban J connectivity index is 2.62. The molecule has 1 aromatic rings. The van der Waals surface area contributed by atoms with Crippen molar-refractivity contribution in [2.24, 2.45) is 5.73 Å². The Hall–Kier alpha value is -1.40. The SMILES string of the molecule is CN(CCN)[C@@H](Cc1c[nH]cn1)C(=O)O. The van der Waals surface area contributed by atoms with Crippen LogP contribution in [0.2, 0.25) is 0 Å². The van der Waals surface area contributed by atoms with Gasteiger partial charge in [-0.25, -0.2) is 4.98 Å². The molecule has 0 saturated carbocycles. The quantitative estimate of drug-likeness (QED) is 0.579. The largest absolute Gasteiger partial charge is 0.480 e. The van der Waals surface area contributed by atoms with Crippen molar-refractivity contribution in [2.45, 2.75) is 12.5 Å². The summed E-state index contributed by atoms with van der Waals surface area (Å²) in [7, 11) is 1.75. The molecule has 0 radical (unpaired) electrons. The van der Waals surface area contributed by atoms with Gasteiger partial charge < -0.3 is 15.8 Å². The maximum absolute atomic E-state index is 11.0. The molecule has 0 aliphatic rings. The Morgan fingerprint density at radius 2 is 2.53 bits per heavy atom. The minimum Gasteiger partial charge on any atom is -0.480 e. The Morgan fingerprint density at radius 3 is 3.00 bits per heavy atom. The van der Waals surface area contributed by atoms with Crippen molar-refractivity contribution in [3.05, 3.63) is 18.2 Å². The van der Waals surface area contributed by atoms with E-state index >= 15 is 0 Å². The number of imidazole rings is 1. The number of aromatic nitrogens is 2. The van der Waals surface area contributed by atoms with Crippen LogP contribution in [0.4, 0.5) is 0 Å². The van der Waals surface area contributed by atoms with Crippen LogP contribution in [0, 0.1) is 0 Å². The highest BCUT2D eigenvalue weighted by atomic mass is 16.4. The summed E-state index contributed by atoms with van der Waals surface area (Å²) in [6.45, 7) is 1.00. The number of hydrogen-bond acceptors (Lipinski definition) is 4. The average molecular weight is 212 g/mol. The van der Waals surface area contributed by atoms with Crippen LogP contribution in [0.25, 0.3) is 0 Å². The lowest BCUT2D eigenvalue weighted by molar-refractivity contribution is -0.142. The Bertz CT molecular complexity index is 299. The van der Waals surface area contributed by atoms with Gasteiger partial charge in [0.1, 0.15) is 6.04 Å². The number of aliphatic carboxylic acids is 1. The van der Waals surface area contributed by atoms with Gasteiger partial charge in [-0.1, -0.05) is 0 Å². The van der Waals surface area contributed by atoms with Gasteiger partial charge in [0.2, 0.25) is 0 Å². The van der Waals surface area contributed by atoms with Gasteiger partial charge in [-0.2, -0.15) is 0 Å². The first-order valence-electron chi connectivity index (χ1n) is 4.76. The first-order chi connectivity index (χ1) is 7.15. The maximum atomic E-state index is 11.0.